The minimum atomic E-state index is -3.06. The highest BCUT2D eigenvalue weighted by Gasteiger charge is 2.40. The summed E-state index contributed by atoms with van der Waals surface area (Å²) in [6.45, 7) is 8.70. The summed E-state index contributed by atoms with van der Waals surface area (Å²) in [5.74, 6) is 2.17. The fraction of sp³-hybridized carbons (Fsp3) is 0.484. The molecule has 6 heterocycles. The summed E-state index contributed by atoms with van der Waals surface area (Å²) >= 11 is 0. The SMILES string of the molecule is C=CC(=O)N1CC[C@H]1c1ccc(N2C[C@H](CS(C)(=O)=O)[C@H]2C)c2cnc(Nc3ccnc(N4CC[C@@H]5C[C@H]4CO5)n3)cc12. The van der Waals surface area contributed by atoms with Gasteiger partial charge in [-0.15, -0.1) is 0 Å². The van der Waals surface area contributed by atoms with Crippen molar-refractivity contribution in [3.8, 4) is 0 Å². The van der Waals surface area contributed by atoms with E-state index < -0.39 is 9.84 Å². The van der Waals surface area contributed by atoms with Crippen molar-refractivity contribution in [3.63, 3.8) is 0 Å². The van der Waals surface area contributed by atoms with Crippen molar-refractivity contribution >= 4 is 49.8 Å². The summed E-state index contributed by atoms with van der Waals surface area (Å²) in [7, 11) is -3.06. The molecule has 5 atom stereocenters. The van der Waals surface area contributed by atoms with Crippen LogP contribution in [0, 0.1) is 5.92 Å². The third-order valence-electron chi connectivity index (χ3n) is 9.53. The van der Waals surface area contributed by atoms with Crippen LogP contribution in [0.3, 0.4) is 0 Å². The van der Waals surface area contributed by atoms with E-state index in [9.17, 15) is 13.2 Å². The smallest absolute Gasteiger partial charge is 0.246 e. The molecule has 12 heteroatoms. The number of amides is 1. The van der Waals surface area contributed by atoms with Gasteiger partial charge in [0, 0.05) is 61.3 Å². The summed E-state index contributed by atoms with van der Waals surface area (Å²) in [6.07, 6.45) is 9.51. The number of hydrogen-bond acceptors (Lipinski definition) is 10. The number of nitrogens with one attached hydrogen (secondary N) is 1. The van der Waals surface area contributed by atoms with E-state index in [2.05, 4.69) is 45.7 Å². The lowest BCUT2D eigenvalue weighted by Gasteiger charge is -2.48. The average molecular weight is 604 g/mol. The highest BCUT2D eigenvalue weighted by molar-refractivity contribution is 7.90. The zero-order valence-corrected chi connectivity index (χ0v) is 25.3. The van der Waals surface area contributed by atoms with Crippen LogP contribution in [0.4, 0.5) is 23.3 Å². The number of fused-ring (bicyclic) bond motifs is 3. The van der Waals surface area contributed by atoms with E-state index >= 15 is 0 Å². The van der Waals surface area contributed by atoms with E-state index in [1.165, 1.54) is 12.3 Å². The van der Waals surface area contributed by atoms with E-state index in [1.807, 2.05) is 23.2 Å². The summed E-state index contributed by atoms with van der Waals surface area (Å²) in [4.78, 5) is 33.0. The summed E-state index contributed by atoms with van der Waals surface area (Å²) in [5, 5.41) is 5.36. The van der Waals surface area contributed by atoms with Crippen LogP contribution in [0.15, 0.2) is 49.3 Å². The van der Waals surface area contributed by atoms with Crippen LogP contribution in [-0.4, -0.2) is 90.6 Å². The highest BCUT2D eigenvalue weighted by Crippen LogP contribution is 2.43. The van der Waals surface area contributed by atoms with Crippen molar-refractivity contribution < 1.29 is 17.9 Å². The molecule has 3 aromatic rings. The van der Waals surface area contributed by atoms with Crippen LogP contribution < -0.4 is 15.1 Å². The van der Waals surface area contributed by atoms with Crippen LogP contribution in [-0.2, 0) is 19.4 Å². The third kappa shape index (κ3) is 5.20. The lowest BCUT2D eigenvalue weighted by atomic mass is 9.87. The number of carbonyl (C=O) groups excluding carboxylic acids is 1. The molecule has 4 aliphatic heterocycles. The molecule has 226 valence electrons. The number of benzene rings is 1. The number of aromatic nitrogens is 3. The van der Waals surface area contributed by atoms with Gasteiger partial charge in [-0.25, -0.2) is 18.4 Å². The van der Waals surface area contributed by atoms with E-state index in [1.54, 1.807) is 6.20 Å². The van der Waals surface area contributed by atoms with Gasteiger partial charge < -0.3 is 24.8 Å². The van der Waals surface area contributed by atoms with Gasteiger partial charge in [0.25, 0.3) is 0 Å². The zero-order valence-electron chi connectivity index (χ0n) is 24.5. The normalized spacial score (nSPS) is 26.7. The molecule has 7 rings (SSSR count). The number of ether oxygens (including phenoxy) is 1. The van der Waals surface area contributed by atoms with Crippen LogP contribution in [0.5, 0.6) is 0 Å². The van der Waals surface area contributed by atoms with Crippen molar-refractivity contribution in [1.29, 1.82) is 0 Å². The first-order valence-corrected chi connectivity index (χ1v) is 17.0. The minimum absolute atomic E-state index is 0.0497. The maximum Gasteiger partial charge on any atom is 0.246 e. The Kier molecular flexibility index (Phi) is 7.00. The van der Waals surface area contributed by atoms with Gasteiger partial charge in [-0.3, -0.25) is 4.79 Å². The van der Waals surface area contributed by atoms with Gasteiger partial charge in [0.2, 0.25) is 11.9 Å². The van der Waals surface area contributed by atoms with Crippen molar-refractivity contribution in [3.05, 3.63) is 54.9 Å². The number of hydrogen-bond donors (Lipinski definition) is 1. The van der Waals surface area contributed by atoms with E-state index in [4.69, 9.17) is 14.7 Å². The lowest BCUT2D eigenvalue weighted by molar-refractivity contribution is -0.133. The quantitative estimate of drug-likeness (QED) is 0.383. The second-order valence-electron chi connectivity index (χ2n) is 12.3. The van der Waals surface area contributed by atoms with Gasteiger partial charge in [0.1, 0.15) is 21.5 Å². The molecule has 2 bridgehead atoms. The molecular formula is C31H37N7O4S. The van der Waals surface area contributed by atoms with Gasteiger partial charge in [-0.05, 0) is 61.4 Å². The van der Waals surface area contributed by atoms with Crippen molar-refractivity contribution in [2.75, 3.05) is 53.4 Å². The number of carbonyl (C=O) groups is 1. The summed E-state index contributed by atoms with van der Waals surface area (Å²) < 4.78 is 29.7. The number of nitrogens with zero attached hydrogens (tertiary/aromatic N) is 6. The molecule has 0 aliphatic carbocycles. The number of rotatable bonds is 8. The molecule has 1 aromatic carbocycles. The Morgan fingerprint density at radius 2 is 2.00 bits per heavy atom. The Morgan fingerprint density at radius 3 is 2.74 bits per heavy atom. The first-order chi connectivity index (χ1) is 20.7. The van der Waals surface area contributed by atoms with Crippen LogP contribution >= 0.6 is 0 Å². The Labute approximate surface area is 251 Å². The molecule has 11 nitrogen and oxygen atoms in total. The summed E-state index contributed by atoms with van der Waals surface area (Å²) in [6, 6.07) is 8.38. The van der Waals surface area contributed by atoms with E-state index in [-0.39, 0.29) is 29.7 Å². The minimum Gasteiger partial charge on any atom is -0.376 e. The van der Waals surface area contributed by atoms with Crippen LogP contribution in [0.1, 0.15) is 37.8 Å². The molecule has 0 spiro atoms. The largest absolute Gasteiger partial charge is 0.376 e. The van der Waals surface area contributed by atoms with E-state index in [0.717, 1.165) is 47.8 Å². The lowest BCUT2D eigenvalue weighted by Crippen LogP contribution is -2.57. The number of sulfone groups is 1. The van der Waals surface area contributed by atoms with Crippen LogP contribution in [0.25, 0.3) is 10.8 Å². The predicted octanol–water partition coefficient (Wildman–Crippen LogP) is 3.46. The van der Waals surface area contributed by atoms with E-state index in [0.29, 0.717) is 49.4 Å². The molecule has 0 radical (unpaired) electrons. The number of likely N-dealkylation sites (tertiary alicyclic amines) is 1. The molecule has 1 N–H and O–H groups in total. The molecule has 2 aromatic heterocycles. The van der Waals surface area contributed by atoms with Gasteiger partial charge in [0.05, 0.1) is 30.5 Å². The number of anilines is 4. The van der Waals surface area contributed by atoms with Gasteiger partial charge in [0.15, 0.2) is 0 Å². The third-order valence-corrected chi connectivity index (χ3v) is 10.6. The van der Waals surface area contributed by atoms with Gasteiger partial charge in [-0.1, -0.05) is 12.6 Å². The second-order valence-corrected chi connectivity index (χ2v) is 14.5. The zero-order chi connectivity index (χ0) is 29.9. The Balaban J connectivity index is 1.21. The van der Waals surface area contributed by atoms with Crippen molar-refractivity contribution in [2.45, 2.75) is 50.4 Å². The number of piperidine rings is 1. The summed E-state index contributed by atoms with van der Waals surface area (Å²) in [5.41, 5.74) is 2.07. The highest BCUT2D eigenvalue weighted by atomic mass is 32.2. The molecule has 4 fully saturated rings. The fourth-order valence-electron chi connectivity index (χ4n) is 7.06. The predicted molar refractivity (Wildman–Crippen MR) is 166 cm³/mol. The van der Waals surface area contributed by atoms with Crippen molar-refractivity contribution in [2.24, 2.45) is 5.92 Å². The fourth-order valence-corrected chi connectivity index (χ4v) is 8.22. The average Bonchev–Trinajstić information content (AvgIpc) is 3.34. The Morgan fingerprint density at radius 1 is 1.14 bits per heavy atom. The molecule has 1 amide bonds. The molecule has 43 heavy (non-hydrogen) atoms. The standard InChI is InChI=1S/C31H37N7O4S/c1-4-30(39)37-12-9-27(37)23-5-6-26(38-16-20(19(38)2)18-43(3,40)41)25-15-33-29(14-24(23)25)34-28-7-10-32-31(35-28)36-11-8-22-13-21(36)17-42-22/h4-7,10,14-15,19-22,27H,1,8-9,11-13,16-18H2,2-3H3,(H,32,33,34,35)/t19-,20-,21+,22-,27+/m1/s1. The monoisotopic (exact) mass is 603 g/mol. The molecule has 0 saturated carbocycles. The van der Waals surface area contributed by atoms with Crippen LogP contribution in [0.2, 0.25) is 0 Å². The van der Waals surface area contributed by atoms with Gasteiger partial charge in [-0.2, -0.15) is 4.98 Å². The Bertz CT molecular complexity index is 1700. The molecule has 4 aliphatic rings. The molecular weight excluding hydrogens is 566 g/mol. The molecule has 4 saturated heterocycles. The number of pyridine rings is 1. The maximum atomic E-state index is 12.6. The first-order valence-electron chi connectivity index (χ1n) is 15.0. The maximum absolute atomic E-state index is 12.6. The van der Waals surface area contributed by atoms with Crippen molar-refractivity contribution in [1.82, 2.24) is 19.9 Å². The van der Waals surface area contributed by atoms with Gasteiger partial charge >= 0.3 is 0 Å². The Hall–Kier alpha value is -3.77. The first kappa shape index (κ1) is 28.0. The topological polar surface area (TPSA) is 121 Å². The molecule has 0 unspecified atom stereocenters. The second kappa shape index (κ2) is 10.7.